The molecule has 1 N–H and O–H groups in total. The minimum Gasteiger partial charge on any atom is -0.335 e. The van der Waals surface area contributed by atoms with E-state index < -0.39 is 0 Å². The molecule has 1 saturated heterocycles. The van der Waals surface area contributed by atoms with E-state index in [1.54, 1.807) is 0 Å². The first kappa shape index (κ1) is 20.4. The van der Waals surface area contributed by atoms with Gasteiger partial charge >= 0.3 is 0 Å². The maximum Gasteiger partial charge on any atom is 0.266 e. The number of thiophene rings is 1. The molecular weight excluding hydrogens is 396 g/mol. The summed E-state index contributed by atoms with van der Waals surface area (Å²) in [6, 6.07) is 11.9. The molecule has 4 rings (SSSR count). The van der Waals surface area contributed by atoms with E-state index in [0.29, 0.717) is 32.7 Å². The van der Waals surface area contributed by atoms with E-state index in [1.165, 1.54) is 11.3 Å². The Morgan fingerprint density at radius 1 is 0.967 bits per heavy atom. The average molecular weight is 423 g/mol. The predicted octanol–water partition coefficient (Wildman–Crippen LogP) is 3.55. The quantitative estimate of drug-likeness (QED) is 0.684. The second-order valence-electron chi connectivity index (χ2n) is 7.61. The predicted molar refractivity (Wildman–Crippen MR) is 121 cm³/mol. The zero-order valence-corrected chi connectivity index (χ0v) is 18.1. The van der Waals surface area contributed by atoms with E-state index in [2.05, 4.69) is 10.2 Å². The molecule has 0 saturated carbocycles. The van der Waals surface area contributed by atoms with Crippen molar-refractivity contribution in [2.24, 2.45) is 0 Å². The zero-order chi connectivity index (χ0) is 21.1. The number of amides is 2. The van der Waals surface area contributed by atoms with Gasteiger partial charge in [0.2, 0.25) is 5.91 Å². The van der Waals surface area contributed by atoms with Crippen LogP contribution < -0.4 is 5.32 Å². The van der Waals surface area contributed by atoms with Crippen molar-refractivity contribution in [3.8, 4) is 5.69 Å². The number of para-hydroxylation sites is 1. The van der Waals surface area contributed by atoms with Gasteiger partial charge in [-0.3, -0.25) is 14.5 Å². The number of piperazine rings is 1. The van der Waals surface area contributed by atoms with E-state index in [0.717, 1.165) is 27.4 Å². The van der Waals surface area contributed by atoms with Crippen molar-refractivity contribution in [1.29, 1.82) is 0 Å². The molecule has 2 amide bonds. The minimum atomic E-state index is -0.0136. The molecule has 1 aliphatic rings. The number of rotatable bonds is 5. The van der Waals surface area contributed by atoms with E-state index in [-0.39, 0.29) is 11.8 Å². The first-order valence-electron chi connectivity index (χ1n) is 10.1. The molecule has 0 spiro atoms. The van der Waals surface area contributed by atoms with Crippen molar-refractivity contribution in [2.75, 3.05) is 38.0 Å². The molecule has 2 aromatic heterocycles. The van der Waals surface area contributed by atoms with Crippen LogP contribution in [-0.2, 0) is 4.79 Å². The van der Waals surface area contributed by atoms with Crippen LogP contribution in [-0.4, -0.2) is 58.9 Å². The monoisotopic (exact) mass is 422 g/mol. The van der Waals surface area contributed by atoms with E-state index in [1.807, 2.05) is 77.5 Å². The molecule has 3 aromatic rings. The highest BCUT2D eigenvalue weighted by Gasteiger charge is 2.26. The van der Waals surface area contributed by atoms with Gasteiger partial charge in [0.25, 0.3) is 5.91 Å². The molecule has 7 heteroatoms. The summed E-state index contributed by atoms with van der Waals surface area (Å²) in [6.45, 7) is 6.96. The van der Waals surface area contributed by atoms with Crippen LogP contribution in [0.4, 0.5) is 5.69 Å². The van der Waals surface area contributed by atoms with Crippen molar-refractivity contribution < 1.29 is 9.59 Å². The fraction of sp³-hybridized carbons (Fsp3) is 0.304. The number of hydrogen-bond donors (Lipinski definition) is 1. The number of hydrogen-bond acceptors (Lipinski definition) is 4. The molecule has 0 unspecified atom stereocenters. The standard InChI is InChI=1S/C23H26N4O2S/c1-17-6-5-7-18(2)21(17)24-20(28)16-25-11-13-27(14-12-25)23(29)22-19(8-15-30-22)26-9-3-4-10-26/h3-10,15H,11-14,16H2,1-2H3,(H,24,28). The Labute approximate surface area is 180 Å². The van der Waals surface area contributed by atoms with Crippen LogP contribution in [0.2, 0.25) is 0 Å². The van der Waals surface area contributed by atoms with Crippen LogP contribution in [0.15, 0.2) is 54.2 Å². The Hall–Kier alpha value is -2.90. The van der Waals surface area contributed by atoms with Crippen molar-refractivity contribution >= 4 is 28.8 Å². The van der Waals surface area contributed by atoms with Gasteiger partial charge in [-0.2, -0.15) is 0 Å². The van der Waals surface area contributed by atoms with Gasteiger partial charge in [-0.15, -0.1) is 11.3 Å². The number of aromatic nitrogens is 1. The number of anilines is 1. The third-order valence-electron chi connectivity index (χ3n) is 5.49. The van der Waals surface area contributed by atoms with Gasteiger partial charge in [0.05, 0.1) is 12.2 Å². The van der Waals surface area contributed by atoms with Crippen molar-refractivity contribution in [1.82, 2.24) is 14.4 Å². The Bertz CT molecular complexity index is 1010. The molecule has 0 bridgehead atoms. The molecule has 156 valence electrons. The molecule has 0 aliphatic carbocycles. The van der Waals surface area contributed by atoms with Crippen LogP contribution in [0.25, 0.3) is 5.69 Å². The second-order valence-corrected chi connectivity index (χ2v) is 8.52. The largest absolute Gasteiger partial charge is 0.335 e. The second kappa shape index (κ2) is 8.85. The summed E-state index contributed by atoms with van der Waals surface area (Å²) in [4.78, 5) is 30.3. The Morgan fingerprint density at radius 2 is 1.63 bits per heavy atom. The maximum atomic E-state index is 13.0. The first-order chi connectivity index (χ1) is 14.5. The number of carbonyl (C=O) groups is 2. The minimum absolute atomic E-state index is 0.0136. The lowest BCUT2D eigenvalue weighted by Gasteiger charge is -2.34. The third kappa shape index (κ3) is 4.32. The normalized spacial score (nSPS) is 14.7. The molecule has 6 nitrogen and oxygen atoms in total. The summed E-state index contributed by atoms with van der Waals surface area (Å²) in [6.07, 6.45) is 3.90. The average Bonchev–Trinajstić information content (AvgIpc) is 3.42. The van der Waals surface area contributed by atoms with Gasteiger partial charge in [0.15, 0.2) is 0 Å². The van der Waals surface area contributed by atoms with Crippen LogP contribution in [0, 0.1) is 13.8 Å². The van der Waals surface area contributed by atoms with E-state index in [4.69, 9.17) is 0 Å². The summed E-state index contributed by atoms with van der Waals surface area (Å²) in [5.41, 5.74) is 3.94. The lowest BCUT2D eigenvalue weighted by molar-refractivity contribution is -0.117. The molecule has 0 atom stereocenters. The first-order valence-corrected chi connectivity index (χ1v) is 11.0. The van der Waals surface area contributed by atoms with Gasteiger partial charge in [-0.1, -0.05) is 18.2 Å². The Morgan fingerprint density at radius 3 is 2.30 bits per heavy atom. The summed E-state index contributed by atoms with van der Waals surface area (Å²) in [5, 5.41) is 5.00. The number of nitrogens with one attached hydrogen (secondary N) is 1. The summed E-state index contributed by atoms with van der Waals surface area (Å²) < 4.78 is 1.97. The molecule has 1 aliphatic heterocycles. The number of benzene rings is 1. The van der Waals surface area contributed by atoms with Gasteiger partial charge in [0.1, 0.15) is 4.88 Å². The van der Waals surface area contributed by atoms with Crippen LogP contribution in [0.5, 0.6) is 0 Å². The summed E-state index contributed by atoms with van der Waals surface area (Å²) in [7, 11) is 0. The highest BCUT2D eigenvalue weighted by Crippen LogP contribution is 2.24. The third-order valence-corrected chi connectivity index (χ3v) is 6.39. The molecule has 1 aromatic carbocycles. The summed E-state index contributed by atoms with van der Waals surface area (Å²) >= 11 is 1.48. The van der Waals surface area contributed by atoms with Crippen molar-refractivity contribution in [3.05, 3.63) is 70.2 Å². The number of nitrogens with zero attached hydrogens (tertiary/aromatic N) is 3. The van der Waals surface area contributed by atoms with Gasteiger partial charge in [0, 0.05) is 44.3 Å². The molecule has 1 fully saturated rings. The topological polar surface area (TPSA) is 57.6 Å². The van der Waals surface area contributed by atoms with Gasteiger partial charge < -0.3 is 14.8 Å². The van der Waals surface area contributed by atoms with Crippen molar-refractivity contribution in [2.45, 2.75) is 13.8 Å². The SMILES string of the molecule is Cc1cccc(C)c1NC(=O)CN1CCN(C(=O)c2sccc2-n2cccc2)CC1. The Balaban J connectivity index is 1.33. The van der Waals surface area contributed by atoms with Gasteiger partial charge in [-0.25, -0.2) is 0 Å². The van der Waals surface area contributed by atoms with Gasteiger partial charge in [-0.05, 0) is 48.6 Å². The Kier molecular flexibility index (Phi) is 6.01. The van der Waals surface area contributed by atoms with E-state index in [9.17, 15) is 9.59 Å². The lowest BCUT2D eigenvalue weighted by Crippen LogP contribution is -2.50. The summed E-state index contributed by atoms with van der Waals surface area (Å²) in [5.74, 6) is 0.0497. The zero-order valence-electron chi connectivity index (χ0n) is 17.3. The number of carbonyl (C=O) groups excluding carboxylic acids is 2. The molecule has 3 heterocycles. The van der Waals surface area contributed by atoms with Crippen LogP contribution >= 0.6 is 11.3 Å². The molecule has 30 heavy (non-hydrogen) atoms. The van der Waals surface area contributed by atoms with E-state index >= 15 is 0 Å². The number of aryl methyl sites for hydroxylation is 2. The maximum absolute atomic E-state index is 13.0. The fourth-order valence-corrected chi connectivity index (χ4v) is 4.66. The highest BCUT2D eigenvalue weighted by atomic mass is 32.1. The van der Waals surface area contributed by atoms with Crippen LogP contribution in [0.3, 0.4) is 0 Å². The molecule has 0 radical (unpaired) electrons. The lowest BCUT2D eigenvalue weighted by atomic mass is 10.1. The smallest absolute Gasteiger partial charge is 0.266 e. The highest BCUT2D eigenvalue weighted by molar-refractivity contribution is 7.12. The van der Waals surface area contributed by atoms with Crippen LogP contribution in [0.1, 0.15) is 20.8 Å². The molecular formula is C23H26N4O2S. The fourth-order valence-electron chi connectivity index (χ4n) is 3.81. The van der Waals surface area contributed by atoms with Crippen molar-refractivity contribution in [3.63, 3.8) is 0 Å².